The van der Waals surface area contributed by atoms with Crippen molar-refractivity contribution in [2.75, 3.05) is 26.7 Å². The van der Waals surface area contributed by atoms with Gasteiger partial charge >= 0.3 is 0 Å². The minimum Gasteiger partial charge on any atom is -1.00 e. The fourth-order valence-corrected chi connectivity index (χ4v) is 6.81. The molecule has 2 heteroatoms. The monoisotopic (exact) mass is 706 g/mol. The second kappa shape index (κ2) is 37.9. The van der Waals surface area contributed by atoms with Crippen molar-refractivity contribution >= 4 is 0 Å². The summed E-state index contributed by atoms with van der Waals surface area (Å²) in [7, 11) is 2.61. The van der Waals surface area contributed by atoms with Crippen molar-refractivity contribution in [2.45, 2.75) is 233 Å². The minimum absolute atomic E-state index is 0. The summed E-state index contributed by atoms with van der Waals surface area (Å²) >= 11 is 0. The van der Waals surface area contributed by atoms with E-state index in [1.165, 1.54) is 236 Å². The molecule has 0 aromatic heterocycles. The van der Waals surface area contributed by atoms with Crippen LogP contribution in [0.15, 0.2) is 0 Å². The molecule has 1 nitrogen and oxygen atoms in total. The first-order valence-electron chi connectivity index (χ1n) is 20.0. The number of hydrogen-bond acceptors (Lipinski definition) is 0. The maximum absolute atomic E-state index is 2.61. The van der Waals surface area contributed by atoms with Crippen molar-refractivity contribution in [1.29, 1.82) is 0 Å². The van der Waals surface area contributed by atoms with Gasteiger partial charge in [0, 0.05) is 0 Å². The summed E-state index contributed by atoms with van der Waals surface area (Å²) in [5.41, 5.74) is 0. The predicted octanol–water partition coefficient (Wildman–Crippen LogP) is 11.4. The van der Waals surface area contributed by atoms with E-state index in [0.717, 1.165) is 0 Å². The molecule has 0 atom stereocenters. The molecule has 0 fully saturated rings. The Balaban J connectivity index is 0. The molecular formula is C40H84IN. The highest BCUT2D eigenvalue weighted by molar-refractivity contribution is 4.53. The molecule has 0 N–H and O–H groups in total. The maximum Gasteiger partial charge on any atom is 0.0784 e. The minimum atomic E-state index is 0. The number of halogens is 1. The summed E-state index contributed by atoms with van der Waals surface area (Å²) in [5, 5.41) is 0. The molecule has 0 spiro atoms. The molecule has 0 unspecified atom stereocenters. The van der Waals surface area contributed by atoms with Crippen LogP contribution in [0.1, 0.15) is 233 Å². The lowest BCUT2D eigenvalue weighted by Crippen LogP contribution is -3.00. The van der Waals surface area contributed by atoms with Gasteiger partial charge in [-0.3, -0.25) is 0 Å². The normalized spacial score (nSPS) is 11.7. The van der Waals surface area contributed by atoms with Gasteiger partial charge in [-0.1, -0.05) is 194 Å². The van der Waals surface area contributed by atoms with Crippen LogP contribution < -0.4 is 24.0 Å². The lowest BCUT2D eigenvalue weighted by atomic mass is 10.0. The number of hydrogen-bond donors (Lipinski definition) is 0. The molecule has 256 valence electrons. The zero-order valence-corrected chi connectivity index (χ0v) is 32.4. The first kappa shape index (κ1) is 44.8. The molecular weight excluding hydrogens is 621 g/mol. The largest absolute Gasteiger partial charge is 1.00 e. The van der Waals surface area contributed by atoms with Gasteiger partial charge in [0.25, 0.3) is 0 Å². The van der Waals surface area contributed by atoms with Gasteiger partial charge in [0.15, 0.2) is 0 Å². The molecule has 0 aromatic rings. The third-order valence-electron chi connectivity index (χ3n) is 9.90. The second-order valence-electron chi connectivity index (χ2n) is 14.4. The molecule has 0 aliphatic heterocycles. The topological polar surface area (TPSA) is 0 Å². The van der Waals surface area contributed by atoms with E-state index in [9.17, 15) is 0 Å². The van der Waals surface area contributed by atoms with Crippen LogP contribution in [-0.4, -0.2) is 31.2 Å². The molecule has 0 aliphatic carbocycles. The zero-order valence-electron chi connectivity index (χ0n) is 30.3. The Morgan fingerprint density at radius 3 is 0.548 bits per heavy atom. The number of unbranched alkanes of at least 4 members (excludes halogenated alkanes) is 30. The lowest BCUT2D eigenvalue weighted by Gasteiger charge is -2.35. The summed E-state index contributed by atoms with van der Waals surface area (Å²) in [6.07, 6.45) is 48.2. The first-order valence-corrected chi connectivity index (χ1v) is 20.0. The van der Waals surface area contributed by atoms with Gasteiger partial charge in [-0.25, -0.2) is 0 Å². The van der Waals surface area contributed by atoms with Gasteiger partial charge in [0.05, 0.1) is 26.7 Å². The first-order chi connectivity index (χ1) is 20.2. The molecule has 0 radical (unpaired) electrons. The van der Waals surface area contributed by atoms with Crippen molar-refractivity contribution in [2.24, 2.45) is 0 Å². The Bertz CT molecular complexity index is 400. The molecule has 0 aliphatic rings. The molecule has 0 heterocycles. The van der Waals surface area contributed by atoms with Gasteiger partial charge in [0.2, 0.25) is 0 Å². The van der Waals surface area contributed by atoms with Crippen molar-refractivity contribution in [1.82, 2.24) is 0 Å². The van der Waals surface area contributed by atoms with Gasteiger partial charge < -0.3 is 28.5 Å². The van der Waals surface area contributed by atoms with Gasteiger partial charge in [0.1, 0.15) is 0 Å². The van der Waals surface area contributed by atoms with Crippen LogP contribution >= 0.6 is 0 Å². The Morgan fingerprint density at radius 2 is 0.381 bits per heavy atom. The zero-order chi connectivity index (χ0) is 30.0. The molecule has 0 amide bonds. The van der Waals surface area contributed by atoms with Crippen LogP contribution in [0.3, 0.4) is 0 Å². The van der Waals surface area contributed by atoms with Crippen molar-refractivity contribution in [3.8, 4) is 0 Å². The summed E-state index contributed by atoms with van der Waals surface area (Å²) in [6, 6.07) is 0. The average Bonchev–Trinajstić information content (AvgIpc) is 2.97. The number of nitrogens with zero attached hydrogens (tertiary/aromatic N) is 1. The Morgan fingerprint density at radius 1 is 0.238 bits per heavy atom. The SMILES string of the molecule is CCCCCCCCCCCCC[N+](C)(CCCCCCCCCCCCC)CCCCCCCCCCCCC.[I-]. The van der Waals surface area contributed by atoms with Gasteiger partial charge in [-0.2, -0.15) is 0 Å². The van der Waals surface area contributed by atoms with Gasteiger partial charge in [-0.15, -0.1) is 0 Å². The Hall–Kier alpha value is 0.690. The maximum atomic E-state index is 2.61. The Labute approximate surface area is 286 Å². The van der Waals surface area contributed by atoms with E-state index in [1.54, 1.807) is 0 Å². The van der Waals surface area contributed by atoms with Crippen molar-refractivity contribution in [3.05, 3.63) is 0 Å². The number of quaternary nitrogens is 1. The van der Waals surface area contributed by atoms with E-state index >= 15 is 0 Å². The molecule has 0 saturated carbocycles. The van der Waals surface area contributed by atoms with E-state index in [1.807, 2.05) is 0 Å². The molecule has 42 heavy (non-hydrogen) atoms. The Kier molecular flexibility index (Phi) is 40.4. The third kappa shape index (κ3) is 35.2. The highest BCUT2D eigenvalue weighted by Crippen LogP contribution is 2.18. The third-order valence-corrected chi connectivity index (χ3v) is 9.90. The van der Waals surface area contributed by atoms with Crippen LogP contribution in [0.2, 0.25) is 0 Å². The lowest BCUT2D eigenvalue weighted by molar-refractivity contribution is -0.910. The molecule has 0 aromatic carbocycles. The average molecular weight is 706 g/mol. The van der Waals surface area contributed by atoms with Crippen LogP contribution in [0, 0.1) is 0 Å². The fraction of sp³-hybridized carbons (Fsp3) is 1.00. The summed E-state index contributed by atoms with van der Waals surface area (Å²) in [4.78, 5) is 0. The van der Waals surface area contributed by atoms with E-state index < -0.39 is 0 Å². The molecule has 0 rings (SSSR count). The van der Waals surface area contributed by atoms with Crippen molar-refractivity contribution in [3.63, 3.8) is 0 Å². The second-order valence-corrected chi connectivity index (χ2v) is 14.4. The van der Waals surface area contributed by atoms with Crippen molar-refractivity contribution < 1.29 is 28.5 Å². The number of rotatable bonds is 36. The summed E-state index contributed by atoms with van der Waals surface area (Å²) in [5.74, 6) is 0. The van der Waals surface area contributed by atoms with E-state index in [4.69, 9.17) is 0 Å². The van der Waals surface area contributed by atoms with E-state index in [2.05, 4.69) is 27.8 Å². The van der Waals surface area contributed by atoms with E-state index in [-0.39, 0.29) is 24.0 Å². The highest BCUT2D eigenvalue weighted by atomic mass is 127. The van der Waals surface area contributed by atoms with Gasteiger partial charge in [-0.05, 0) is 38.5 Å². The van der Waals surface area contributed by atoms with Crippen LogP contribution in [-0.2, 0) is 0 Å². The van der Waals surface area contributed by atoms with Crippen LogP contribution in [0.5, 0.6) is 0 Å². The highest BCUT2D eigenvalue weighted by Gasteiger charge is 2.20. The predicted molar refractivity (Wildman–Crippen MR) is 190 cm³/mol. The fourth-order valence-electron chi connectivity index (χ4n) is 6.81. The summed E-state index contributed by atoms with van der Waals surface area (Å²) < 4.78 is 1.37. The molecule has 0 bridgehead atoms. The quantitative estimate of drug-likeness (QED) is 0.0346. The summed E-state index contributed by atoms with van der Waals surface area (Å²) in [6.45, 7) is 11.3. The van der Waals surface area contributed by atoms with E-state index in [0.29, 0.717) is 0 Å². The molecule has 0 saturated heterocycles. The standard InChI is InChI=1S/C40H84N.HI/c1-5-8-11-14-17-20-23-26-29-32-35-38-41(4,39-36-33-30-27-24-21-18-15-12-9-6-2)40-37-34-31-28-25-22-19-16-13-10-7-3;/h5-40H2,1-4H3;1H/q+1;/p-1. The smallest absolute Gasteiger partial charge is 0.0784 e. The van der Waals surface area contributed by atoms with Crippen LogP contribution in [0.4, 0.5) is 0 Å². The van der Waals surface area contributed by atoms with Crippen LogP contribution in [0.25, 0.3) is 0 Å².